The highest BCUT2D eigenvalue weighted by Crippen LogP contribution is 2.35. The van der Waals surface area contributed by atoms with Gasteiger partial charge in [-0.1, -0.05) is 0 Å². The lowest BCUT2D eigenvalue weighted by Crippen LogP contribution is -2.45. The summed E-state index contributed by atoms with van der Waals surface area (Å²) < 4.78 is 13.7. The van der Waals surface area contributed by atoms with Crippen LogP contribution in [-0.2, 0) is 9.47 Å². The van der Waals surface area contributed by atoms with Gasteiger partial charge in [-0.3, -0.25) is 4.98 Å². The molecule has 1 spiro atoms. The Morgan fingerprint density at radius 3 is 2.54 bits per heavy atom. The summed E-state index contributed by atoms with van der Waals surface area (Å²) in [7, 11) is 0. The Morgan fingerprint density at radius 2 is 1.92 bits per heavy atom. The first-order valence-electron chi connectivity index (χ1n) is 8.47. The number of anilines is 1. The molecule has 0 amide bonds. The number of ether oxygens (including phenoxy) is 2. The Bertz CT molecular complexity index is 736. The lowest BCUT2D eigenvalue weighted by molar-refractivity contribution is -0.178. The normalized spacial score (nSPS) is 23.1. The van der Waals surface area contributed by atoms with E-state index in [1.165, 1.54) is 0 Å². The van der Waals surface area contributed by atoms with Crippen molar-refractivity contribution in [3.63, 3.8) is 0 Å². The van der Waals surface area contributed by atoms with E-state index in [9.17, 15) is 0 Å². The minimum atomic E-state index is -0.392. The molecule has 7 heteroatoms. The molecule has 2 aromatic heterocycles. The van der Waals surface area contributed by atoms with Gasteiger partial charge in [0.2, 0.25) is 0 Å². The number of hydrogen-bond acceptors (Lipinski definition) is 6. The van der Waals surface area contributed by atoms with Crippen LogP contribution in [0.3, 0.4) is 0 Å². The fourth-order valence-corrected chi connectivity index (χ4v) is 3.50. The van der Waals surface area contributed by atoms with E-state index < -0.39 is 5.79 Å². The molecule has 7 nitrogen and oxygen atoms in total. The maximum absolute atomic E-state index is 5.99. The van der Waals surface area contributed by atoms with Gasteiger partial charge in [-0.05, 0) is 26.8 Å². The third kappa shape index (κ3) is 2.78. The van der Waals surface area contributed by atoms with Crippen LogP contribution in [0.2, 0.25) is 0 Å². The Kier molecular flexibility index (Phi) is 3.77. The standard InChI is InChI=1S/C17H23N5O2/c1-12-8-13(2)22(20-12)16-10-18-9-15(19-16)21-6-4-17(5-7-21)23-11-14(3)24-17/h8-10,14H,4-7,11H2,1-3H3/t14-/m0/s1. The van der Waals surface area contributed by atoms with Crippen LogP contribution in [0.4, 0.5) is 5.82 Å². The topological polar surface area (TPSA) is 65.3 Å². The Balaban J connectivity index is 1.52. The second kappa shape index (κ2) is 5.82. The average molecular weight is 329 g/mol. The summed E-state index contributed by atoms with van der Waals surface area (Å²) in [5.74, 6) is 1.23. The van der Waals surface area contributed by atoms with Crippen LogP contribution in [0.15, 0.2) is 18.5 Å². The van der Waals surface area contributed by atoms with Crippen molar-refractivity contribution in [3.8, 4) is 5.82 Å². The van der Waals surface area contributed by atoms with E-state index in [4.69, 9.17) is 14.5 Å². The van der Waals surface area contributed by atoms with Gasteiger partial charge in [-0.25, -0.2) is 9.67 Å². The van der Waals surface area contributed by atoms with Gasteiger partial charge in [-0.15, -0.1) is 0 Å². The van der Waals surface area contributed by atoms with Gasteiger partial charge in [0.25, 0.3) is 0 Å². The van der Waals surface area contributed by atoms with Crippen LogP contribution < -0.4 is 4.90 Å². The fourth-order valence-electron chi connectivity index (χ4n) is 3.50. The molecule has 0 aromatic carbocycles. The molecule has 0 bridgehead atoms. The maximum atomic E-state index is 5.99. The van der Waals surface area contributed by atoms with E-state index in [0.29, 0.717) is 6.61 Å². The molecule has 1 atom stereocenters. The van der Waals surface area contributed by atoms with Gasteiger partial charge >= 0.3 is 0 Å². The highest BCUT2D eigenvalue weighted by molar-refractivity contribution is 5.40. The first-order valence-corrected chi connectivity index (χ1v) is 8.47. The zero-order valence-corrected chi connectivity index (χ0v) is 14.4. The van der Waals surface area contributed by atoms with Crippen molar-refractivity contribution in [2.45, 2.75) is 45.5 Å². The van der Waals surface area contributed by atoms with Crippen molar-refractivity contribution in [3.05, 3.63) is 29.8 Å². The summed E-state index contributed by atoms with van der Waals surface area (Å²) in [5.41, 5.74) is 2.03. The molecule has 2 saturated heterocycles. The minimum absolute atomic E-state index is 0.186. The summed E-state index contributed by atoms with van der Waals surface area (Å²) >= 11 is 0. The molecule has 0 unspecified atom stereocenters. The van der Waals surface area contributed by atoms with E-state index in [-0.39, 0.29) is 6.10 Å². The molecule has 0 N–H and O–H groups in total. The Labute approximate surface area is 141 Å². The van der Waals surface area contributed by atoms with Crippen molar-refractivity contribution in [2.24, 2.45) is 0 Å². The second-order valence-corrected chi connectivity index (χ2v) is 6.71. The van der Waals surface area contributed by atoms with Gasteiger partial charge < -0.3 is 14.4 Å². The van der Waals surface area contributed by atoms with Crippen LogP contribution in [0.5, 0.6) is 0 Å². The van der Waals surface area contributed by atoms with Crippen molar-refractivity contribution in [1.29, 1.82) is 0 Å². The maximum Gasteiger partial charge on any atom is 0.174 e. The first-order chi connectivity index (χ1) is 11.5. The molecular weight excluding hydrogens is 306 g/mol. The monoisotopic (exact) mass is 329 g/mol. The minimum Gasteiger partial charge on any atom is -0.355 e. The van der Waals surface area contributed by atoms with Crippen molar-refractivity contribution in [1.82, 2.24) is 19.7 Å². The van der Waals surface area contributed by atoms with E-state index in [1.54, 1.807) is 6.20 Å². The molecule has 2 aliphatic heterocycles. The van der Waals surface area contributed by atoms with Gasteiger partial charge in [0.15, 0.2) is 11.6 Å². The van der Waals surface area contributed by atoms with Crippen LogP contribution in [0.25, 0.3) is 5.82 Å². The zero-order valence-electron chi connectivity index (χ0n) is 14.4. The predicted octanol–water partition coefficient (Wildman–Crippen LogP) is 2.01. The quantitative estimate of drug-likeness (QED) is 0.840. The molecule has 2 aliphatic rings. The molecule has 0 aliphatic carbocycles. The van der Waals surface area contributed by atoms with E-state index in [0.717, 1.165) is 49.0 Å². The molecule has 4 heterocycles. The molecule has 128 valence electrons. The fraction of sp³-hybridized carbons (Fsp3) is 0.588. The van der Waals surface area contributed by atoms with Crippen LogP contribution in [0.1, 0.15) is 31.2 Å². The number of rotatable bonds is 2. The predicted molar refractivity (Wildman–Crippen MR) is 89.3 cm³/mol. The average Bonchev–Trinajstić information content (AvgIpc) is 3.10. The number of aromatic nitrogens is 4. The SMILES string of the molecule is Cc1cc(C)n(-c2cncc(N3CCC4(CC3)OC[C@H](C)O4)n2)n1. The van der Waals surface area contributed by atoms with Crippen molar-refractivity contribution in [2.75, 3.05) is 24.6 Å². The van der Waals surface area contributed by atoms with E-state index >= 15 is 0 Å². The number of hydrogen-bond donors (Lipinski definition) is 0. The number of nitrogens with zero attached hydrogens (tertiary/aromatic N) is 5. The molecule has 2 aromatic rings. The first kappa shape index (κ1) is 15.5. The van der Waals surface area contributed by atoms with Crippen LogP contribution >= 0.6 is 0 Å². The van der Waals surface area contributed by atoms with E-state index in [2.05, 4.69) is 21.9 Å². The van der Waals surface area contributed by atoms with Gasteiger partial charge in [-0.2, -0.15) is 5.10 Å². The lowest BCUT2D eigenvalue weighted by atomic mass is 10.0. The Morgan fingerprint density at radius 1 is 1.17 bits per heavy atom. The van der Waals surface area contributed by atoms with Gasteiger partial charge in [0.1, 0.15) is 5.82 Å². The summed E-state index contributed by atoms with van der Waals surface area (Å²) in [6.07, 6.45) is 5.45. The van der Waals surface area contributed by atoms with E-state index in [1.807, 2.05) is 30.8 Å². The smallest absolute Gasteiger partial charge is 0.174 e. The molecule has 0 saturated carbocycles. The summed E-state index contributed by atoms with van der Waals surface area (Å²) in [6, 6.07) is 2.04. The van der Waals surface area contributed by atoms with Crippen LogP contribution in [0, 0.1) is 13.8 Å². The Hall–Kier alpha value is -1.99. The second-order valence-electron chi connectivity index (χ2n) is 6.71. The number of aryl methyl sites for hydroxylation is 2. The highest BCUT2D eigenvalue weighted by atomic mass is 16.7. The van der Waals surface area contributed by atoms with Crippen LogP contribution in [-0.4, -0.2) is 51.3 Å². The molecular formula is C17H23N5O2. The molecule has 2 fully saturated rings. The summed E-state index contributed by atoms with van der Waals surface area (Å²) in [4.78, 5) is 11.4. The van der Waals surface area contributed by atoms with Crippen molar-refractivity contribution >= 4 is 5.82 Å². The third-order valence-electron chi connectivity index (χ3n) is 4.68. The molecule has 4 rings (SSSR count). The summed E-state index contributed by atoms with van der Waals surface area (Å²) in [5, 5.41) is 4.49. The van der Waals surface area contributed by atoms with Crippen molar-refractivity contribution < 1.29 is 9.47 Å². The highest BCUT2D eigenvalue weighted by Gasteiger charge is 2.42. The number of piperidine rings is 1. The van der Waals surface area contributed by atoms with Gasteiger partial charge in [0, 0.05) is 31.6 Å². The third-order valence-corrected chi connectivity index (χ3v) is 4.68. The van der Waals surface area contributed by atoms with Gasteiger partial charge in [0.05, 0.1) is 30.8 Å². The summed E-state index contributed by atoms with van der Waals surface area (Å²) in [6.45, 7) is 8.45. The largest absolute Gasteiger partial charge is 0.355 e. The lowest BCUT2D eigenvalue weighted by Gasteiger charge is -2.38. The molecule has 0 radical (unpaired) electrons. The zero-order chi connectivity index (χ0) is 16.7. The molecule has 24 heavy (non-hydrogen) atoms.